The van der Waals surface area contributed by atoms with E-state index in [9.17, 15) is 8.42 Å². The van der Waals surface area contributed by atoms with Crippen LogP contribution in [-0.2, 0) is 16.6 Å². The Morgan fingerprint density at radius 1 is 1.12 bits per heavy atom. The molecule has 0 saturated heterocycles. The molecular formula is C17H16N4O2S. The summed E-state index contributed by atoms with van der Waals surface area (Å²) in [6.45, 7) is 1.01. The number of aromatic nitrogens is 2. The molecule has 3 aromatic rings. The van der Waals surface area contributed by atoms with Crippen molar-refractivity contribution in [3.05, 3.63) is 60.4 Å². The van der Waals surface area contributed by atoms with Crippen LogP contribution in [0.4, 0.5) is 0 Å². The van der Waals surface area contributed by atoms with Gasteiger partial charge in [-0.05, 0) is 42.8 Å². The first-order chi connectivity index (χ1) is 11.6. The minimum absolute atomic E-state index is 0.162. The Bertz CT molecular complexity index is 985. The largest absolute Gasteiger partial charge is 0.331 e. The van der Waals surface area contributed by atoms with Crippen LogP contribution in [0.5, 0.6) is 0 Å². The third kappa shape index (κ3) is 3.45. The molecule has 7 heteroatoms. The number of nitriles is 1. The van der Waals surface area contributed by atoms with Gasteiger partial charge in [-0.25, -0.2) is 18.1 Å². The molecule has 0 radical (unpaired) electrons. The molecule has 0 aliphatic rings. The highest BCUT2D eigenvalue weighted by Crippen LogP contribution is 2.13. The molecule has 0 aliphatic heterocycles. The molecule has 0 fully saturated rings. The highest BCUT2D eigenvalue weighted by atomic mass is 32.2. The molecule has 0 aliphatic carbocycles. The van der Waals surface area contributed by atoms with Gasteiger partial charge in [0.15, 0.2) is 0 Å². The Balaban J connectivity index is 1.58. The lowest BCUT2D eigenvalue weighted by Gasteiger charge is -2.08. The van der Waals surface area contributed by atoms with E-state index in [0.717, 1.165) is 11.0 Å². The van der Waals surface area contributed by atoms with Crippen LogP contribution >= 0.6 is 0 Å². The number of sulfonamides is 1. The molecule has 24 heavy (non-hydrogen) atoms. The van der Waals surface area contributed by atoms with Crippen molar-refractivity contribution in [2.45, 2.75) is 17.9 Å². The zero-order chi connectivity index (χ0) is 17.0. The van der Waals surface area contributed by atoms with Gasteiger partial charge in [-0.15, -0.1) is 0 Å². The van der Waals surface area contributed by atoms with Gasteiger partial charge in [0, 0.05) is 13.1 Å². The Morgan fingerprint density at radius 3 is 2.62 bits per heavy atom. The summed E-state index contributed by atoms with van der Waals surface area (Å²) in [5.41, 5.74) is 2.39. The first kappa shape index (κ1) is 16.2. The third-order valence-corrected chi connectivity index (χ3v) is 5.17. The minimum Gasteiger partial charge on any atom is -0.331 e. The number of nitrogens with one attached hydrogen (secondary N) is 1. The highest BCUT2D eigenvalue weighted by molar-refractivity contribution is 7.89. The fraction of sp³-hybridized carbons (Fsp3) is 0.176. The van der Waals surface area contributed by atoms with E-state index < -0.39 is 10.0 Å². The number of fused-ring (bicyclic) bond motifs is 1. The standard InChI is InChI=1S/C17H16N4O2S/c18-12-14-6-8-15(9-7-14)24(22,23)20-10-3-11-21-13-19-16-4-1-2-5-17(16)21/h1-2,4-9,13,20H,3,10-11H2. The van der Waals surface area contributed by atoms with E-state index in [4.69, 9.17) is 5.26 Å². The van der Waals surface area contributed by atoms with Gasteiger partial charge in [-0.3, -0.25) is 0 Å². The van der Waals surface area contributed by atoms with E-state index in [1.54, 1.807) is 6.33 Å². The maximum absolute atomic E-state index is 12.2. The van der Waals surface area contributed by atoms with Crippen molar-refractivity contribution in [2.24, 2.45) is 0 Å². The lowest BCUT2D eigenvalue weighted by atomic mass is 10.2. The number of para-hydroxylation sites is 2. The van der Waals surface area contributed by atoms with Crippen LogP contribution in [0.3, 0.4) is 0 Å². The van der Waals surface area contributed by atoms with Crippen molar-refractivity contribution in [3.8, 4) is 6.07 Å². The summed E-state index contributed by atoms with van der Waals surface area (Å²) in [6, 6.07) is 15.6. The van der Waals surface area contributed by atoms with Gasteiger partial charge >= 0.3 is 0 Å². The van der Waals surface area contributed by atoms with E-state index in [1.165, 1.54) is 24.3 Å². The molecule has 1 heterocycles. The SMILES string of the molecule is N#Cc1ccc(S(=O)(=O)NCCCn2cnc3ccccc32)cc1. The number of hydrogen-bond donors (Lipinski definition) is 1. The number of imidazole rings is 1. The average Bonchev–Trinajstić information content (AvgIpc) is 3.02. The Hall–Kier alpha value is -2.69. The summed E-state index contributed by atoms with van der Waals surface area (Å²) in [6.07, 6.45) is 2.41. The number of aryl methyl sites for hydroxylation is 1. The molecule has 0 saturated carbocycles. The van der Waals surface area contributed by atoms with Gasteiger partial charge in [-0.1, -0.05) is 12.1 Å². The quantitative estimate of drug-likeness (QED) is 0.697. The van der Waals surface area contributed by atoms with E-state index >= 15 is 0 Å². The fourth-order valence-electron chi connectivity index (χ4n) is 2.44. The number of benzene rings is 2. The van der Waals surface area contributed by atoms with Gasteiger partial charge in [0.1, 0.15) is 0 Å². The maximum atomic E-state index is 12.2. The minimum atomic E-state index is -3.55. The zero-order valence-electron chi connectivity index (χ0n) is 12.9. The molecule has 0 amide bonds. The molecule has 0 unspecified atom stereocenters. The topological polar surface area (TPSA) is 87.8 Å². The van der Waals surface area contributed by atoms with Crippen molar-refractivity contribution in [1.82, 2.24) is 14.3 Å². The van der Waals surface area contributed by atoms with Crippen LogP contribution in [0.25, 0.3) is 11.0 Å². The highest BCUT2D eigenvalue weighted by Gasteiger charge is 2.13. The van der Waals surface area contributed by atoms with Crippen molar-refractivity contribution in [2.75, 3.05) is 6.54 Å². The number of rotatable bonds is 6. The van der Waals surface area contributed by atoms with Gasteiger partial charge in [0.05, 0.1) is 33.9 Å². The summed E-state index contributed by atoms with van der Waals surface area (Å²) in [4.78, 5) is 4.47. The lowest BCUT2D eigenvalue weighted by molar-refractivity contribution is 0.571. The van der Waals surface area contributed by atoms with Crippen LogP contribution < -0.4 is 4.72 Å². The molecule has 0 spiro atoms. The molecular weight excluding hydrogens is 324 g/mol. The summed E-state index contributed by atoms with van der Waals surface area (Å²) in [5.74, 6) is 0. The monoisotopic (exact) mass is 340 g/mol. The molecule has 0 bridgehead atoms. The molecule has 3 rings (SSSR count). The second-order valence-corrected chi connectivity index (χ2v) is 7.08. The van der Waals surface area contributed by atoms with E-state index in [-0.39, 0.29) is 4.90 Å². The van der Waals surface area contributed by atoms with Gasteiger partial charge in [0.2, 0.25) is 10.0 Å². The van der Waals surface area contributed by atoms with Crippen LogP contribution in [-0.4, -0.2) is 24.5 Å². The van der Waals surface area contributed by atoms with Crippen LogP contribution in [0.15, 0.2) is 59.8 Å². The molecule has 2 aromatic carbocycles. The summed E-state index contributed by atoms with van der Waals surface area (Å²) in [5, 5.41) is 8.75. The number of hydrogen-bond acceptors (Lipinski definition) is 4. The predicted octanol–water partition coefficient (Wildman–Crippen LogP) is 2.28. The first-order valence-corrected chi connectivity index (χ1v) is 8.98. The first-order valence-electron chi connectivity index (χ1n) is 7.50. The van der Waals surface area contributed by atoms with Crippen molar-refractivity contribution < 1.29 is 8.42 Å². The molecule has 6 nitrogen and oxygen atoms in total. The average molecular weight is 340 g/mol. The lowest BCUT2D eigenvalue weighted by Crippen LogP contribution is -2.25. The molecule has 1 aromatic heterocycles. The summed E-state index contributed by atoms with van der Waals surface area (Å²) in [7, 11) is -3.55. The molecule has 122 valence electrons. The summed E-state index contributed by atoms with van der Waals surface area (Å²) >= 11 is 0. The molecule has 0 atom stereocenters. The zero-order valence-corrected chi connectivity index (χ0v) is 13.7. The van der Waals surface area contributed by atoms with E-state index in [2.05, 4.69) is 9.71 Å². The van der Waals surface area contributed by atoms with Crippen LogP contribution in [0.2, 0.25) is 0 Å². The second-order valence-electron chi connectivity index (χ2n) is 5.31. The van der Waals surface area contributed by atoms with Gasteiger partial charge in [0.25, 0.3) is 0 Å². The smallest absolute Gasteiger partial charge is 0.240 e. The Morgan fingerprint density at radius 2 is 1.88 bits per heavy atom. The fourth-order valence-corrected chi connectivity index (χ4v) is 3.51. The van der Waals surface area contributed by atoms with Gasteiger partial charge in [-0.2, -0.15) is 5.26 Å². The number of nitrogens with zero attached hydrogens (tertiary/aromatic N) is 3. The summed E-state index contributed by atoms with van der Waals surface area (Å²) < 4.78 is 29.0. The van der Waals surface area contributed by atoms with Crippen molar-refractivity contribution in [1.29, 1.82) is 5.26 Å². The molecule has 1 N–H and O–H groups in total. The maximum Gasteiger partial charge on any atom is 0.240 e. The van der Waals surface area contributed by atoms with E-state index in [0.29, 0.717) is 25.1 Å². The van der Waals surface area contributed by atoms with Crippen LogP contribution in [0.1, 0.15) is 12.0 Å². The Labute approximate surface area is 140 Å². The van der Waals surface area contributed by atoms with Crippen molar-refractivity contribution >= 4 is 21.1 Å². The Kier molecular flexibility index (Phi) is 4.60. The predicted molar refractivity (Wildman–Crippen MR) is 90.7 cm³/mol. The van der Waals surface area contributed by atoms with E-state index in [1.807, 2.05) is 34.9 Å². The third-order valence-electron chi connectivity index (χ3n) is 3.69. The second kappa shape index (κ2) is 6.83. The van der Waals surface area contributed by atoms with Crippen molar-refractivity contribution in [3.63, 3.8) is 0 Å². The normalized spacial score (nSPS) is 11.5. The van der Waals surface area contributed by atoms with Gasteiger partial charge < -0.3 is 4.57 Å². The van der Waals surface area contributed by atoms with Crippen LogP contribution in [0, 0.1) is 11.3 Å².